The molecule has 0 aliphatic carbocycles. The van der Waals surface area contributed by atoms with Crippen molar-refractivity contribution in [3.8, 4) is 5.88 Å². The summed E-state index contributed by atoms with van der Waals surface area (Å²) in [5, 5.41) is 1.18. The smallest absolute Gasteiger partial charge is 0.218 e. The summed E-state index contributed by atoms with van der Waals surface area (Å²) >= 11 is 0. The van der Waals surface area contributed by atoms with E-state index in [9.17, 15) is 0 Å². The number of methoxy groups -OCH3 is 1. The van der Waals surface area contributed by atoms with E-state index in [0.717, 1.165) is 37.6 Å². The average molecular weight is 327 g/mol. The van der Waals surface area contributed by atoms with Crippen LogP contribution >= 0.6 is 0 Å². The minimum absolute atomic E-state index is 0.619. The molecule has 1 aliphatic heterocycles. The van der Waals surface area contributed by atoms with Crippen molar-refractivity contribution in [3.05, 3.63) is 35.9 Å². The molecule has 0 saturated carbocycles. The van der Waals surface area contributed by atoms with E-state index in [1.165, 1.54) is 17.4 Å². The van der Waals surface area contributed by atoms with Crippen molar-refractivity contribution in [1.82, 2.24) is 14.8 Å². The highest BCUT2D eigenvalue weighted by molar-refractivity contribution is 5.80. The van der Waals surface area contributed by atoms with Gasteiger partial charge in [-0.2, -0.15) is 0 Å². The molecule has 2 heterocycles. The van der Waals surface area contributed by atoms with Gasteiger partial charge in [-0.05, 0) is 32.4 Å². The Hall–Kier alpha value is -1.65. The van der Waals surface area contributed by atoms with E-state index < -0.39 is 0 Å². The largest absolute Gasteiger partial charge is 0.481 e. The predicted molar refractivity (Wildman–Crippen MR) is 99.5 cm³/mol. The lowest BCUT2D eigenvalue weighted by Gasteiger charge is -2.43. The molecule has 1 aromatic heterocycles. The van der Waals surface area contributed by atoms with Crippen LogP contribution in [0.15, 0.2) is 30.3 Å². The second kappa shape index (κ2) is 7.49. The van der Waals surface area contributed by atoms with Gasteiger partial charge in [-0.1, -0.05) is 25.1 Å². The first-order valence-electron chi connectivity index (χ1n) is 9.03. The maximum absolute atomic E-state index is 5.56. The van der Waals surface area contributed by atoms with Crippen LogP contribution in [-0.2, 0) is 6.54 Å². The van der Waals surface area contributed by atoms with Crippen LogP contribution < -0.4 is 4.74 Å². The number of para-hydroxylation sites is 1. The second-order valence-corrected chi connectivity index (χ2v) is 6.98. The number of aromatic nitrogens is 1. The Balaban J connectivity index is 1.79. The van der Waals surface area contributed by atoms with Gasteiger partial charge in [0.2, 0.25) is 5.88 Å². The van der Waals surface area contributed by atoms with Crippen LogP contribution in [0, 0.1) is 0 Å². The Labute approximate surface area is 145 Å². The maximum Gasteiger partial charge on any atom is 0.218 e. The van der Waals surface area contributed by atoms with Gasteiger partial charge < -0.3 is 4.74 Å². The van der Waals surface area contributed by atoms with Crippen LogP contribution in [0.3, 0.4) is 0 Å². The zero-order chi connectivity index (χ0) is 17.1. The molecule has 1 aliphatic rings. The van der Waals surface area contributed by atoms with Crippen molar-refractivity contribution >= 4 is 10.9 Å². The molecule has 4 nitrogen and oxygen atoms in total. The van der Waals surface area contributed by atoms with Crippen molar-refractivity contribution in [2.45, 2.75) is 45.8 Å². The molecular formula is C20H29N3O. The topological polar surface area (TPSA) is 28.6 Å². The van der Waals surface area contributed by atoms with Crippen LogP contribution in [0.1, 0.15) is 32.8 Å². The van der Waals surface area contributed by atoms with E-state index >= 15 is 0 Å². The van der Waals surface area contributed by atoms with Gasteiger partial charge in [-0.15, -0.1) is 0 Å². The fraction of sp³-hybridized carbons (Fsp3) is 0.550. The zero-order valence-electron chi connectivity index (χ0n) is 15.3. The highest BCUT2D eigenvalue weighted by atomic mass is 16.5. The lowest BCUT2D eigenvalue weighted by Crippen LogP contribution is -2.54. The summed E-state index contributed by atoms with van der Waals surface area (Å²) in [5.74, 6) is 0.757. The number of hydrogen-bond acceptors (Lipinski definition) is 4. The molecule has 1 unspecified atom stereocenters. The molecule has 1 atom stereocenters. The standard InChI is InChI=1S/C20H29N3O/c1-5-18-14-22(10-11-23(18)15(2)3)13-17-12-16-8-6-7-9-19(16)21-20(17)24-4/h6-9,12,15,18H,5,10-11,13-14H2,1-4H3. The van der Waals surface area contributed by atoms with Crippen LogP contribution in [0.4, 0.5) is 0 Å². The summed E-state index contributed by atoms with van der Waals surface area (Å²) in [6.07, 6.45) is 1.20. The van der Waals surface area contributed by atoms with Crippen molar-refractivity contribution in [2.75, 3.05) is 26.7 Å². The molecule has 0 spiro atoms. The van der Waals surface area contributed by atoms with Gasteiger partial charge in [0.15, 0.2) is 0 Å². The molecular weight excluding hydrogens is 298 g/mol. The summed E-state index contributed by atoms with van der Waals surface area (Å²) in [5.41, 5.74) is 2.18. The summed E-state index contributed by atoms with van der Waals surface area (Å²) in [7, 11) is 1.71. The normalized spacial score (nSPS) is 20.0. The lowest BCUT2D eigenvalue weighted by molar-refractivity contribution is 0.0453. The number of fused-ring (bicyclic) bond motifs is 1. The van der Waals surface area contributed by atoms with Gasteiger partial charge in [0.25, 0.3) is 0 Å². The molecule has 3 rings (SSSR count). The van der Waals surface area contributed by atoms with E-state index in [2.05, 4.69) is 53.8 Å². The van der Waals surface area contributed by atoms with Gasteiger partial charge in [0.1, 0.15) is 0 Å². The quantitative estimate of drug-likeness (QED) is 0.840. The van der Waals surface area contributed by atoms with E-state index in [-0.39, 0.29) is 0 Å². The molecule has 130 valence electrons. The monoisotopic (exact) mass is 327 g/mol. The lowest BCUT2D eigenvalue weighted by atomic mass is 10.1. The molecule has 2 aromatic rings. The molecule has 0 amide bonds. The minimum Gasteiger partial charge on any atom is -0.481 e. The van der Waals surface area contributed by atoms with E-state index in [1.54, 1.807) is 7.11 Å². The first-order chi connectivity index (χ1) is 11.6. The van der Waals surface area contributed by atoms with Gasteiger partial charge in [0, 0.05) is 49.2 Å². The fourth-order valence-corrected chi connectivity index (χ4v) is 3.79. The molecule has 1 fully saturated rings. The van der Waals surface area contributed by atoms with Crippen molar-refractivity contribution < 1.29 is 4.74 Å². The Kier molecular flexibility index (Phi) is 5.36. The van der Waals surface area contributed by atoms with Gasteiger partial charge >= 0.3 is 0 Å². The third-order valence-corrected chi connectivity index (χ3v) is 5.10. The zero-order valence-corrected chi connectivity index (χ0v) is 15.3. The third-order valence-electron chi connectivity index (χ3n) is 5.10. The first kappa shape index (κ1) is 17.2. The van der Waals surface area contributed by atoms with Crippen LogP contribution in [0.5, 0.6) is 5.88 Å². The van der Waals surface area contributed by atoms with Gasteiger partial charge in [-0.25, -0.2) is 4.98 Å². The Morgan fingerprint density at radius 2 is 2.04 bits per heavy atom. The number of pyridine rings is 1. The average Bonchev–Trinajstić information content (AvgIpc) is 2.60. The van der Waals surface area contributed by atoms with E-state index in [4.69, 9.17) is 4.74 Å². The molecule has 0 radical (unpaired) electrons. The number of benzene rings is 1. The predicted octanol–water partition coefficient (Wildman–Crippen LogP) is 3.55. The SMILES string of the molecule is CCC1CN(Cc2cc3ccccc3nc2OC)CCN1C(C)C. The Bertz CT molecular complexity index is 686. The number of nitrogens with zero attached hydrogens (tertiary/aromatic N) is 3. The number of ether oxygens (including phenoxy) is 1. The number of hydrogen-bond donors (Lipinski definition) is 0. The number of piperazine rings is 1. The Morgan fingerprint density at radius 3 is 2.75 bits per heavy atom. The second-order valence-electron chi connectivity index (χ2n) is 6.98. The third kappa shape index (κ3) is 3.55. The van der Waals surface area contributed by atoms with Gasteiger partial charge in [0.05, 0.1) is 12.6 Å². The minimum atomic E-state index is 0.619. The first-order valence-corrected chi connectivity index (χ1v) is 9.03. The summed E-state index contributed by atoms with van der Waals surface area (Å²) < 4.78 is 5.56. The Morgan fingerprint density at radius 1 is 1.25 bits per heavy atom. The number of rotatable bonds is 5. The molecule has 1 aromatic carbocycles. The van der Waals surface area contributed by atoms with Crippen molar-refractivity contribution in [3.63, 3.8) is 0 Å². The molecule has 0 N–H and O–H groups in total. The summed E-state index contributed by atoms with van der Waals surface area (Å²) in [4.78, 5) is 9.86. The molecule has 1 saturated heterocycles. The van der Waals surface area contributed by atoms with E-state index in [0.29, 0.717) is 12.1 Å². The van der Waals surface area contributed by atoms with E-state index in [1.807, 2.05) is 12.1 Å². The van der Waals surface area contributed by atoms with Gasteiger partial charge in [-0.3, -0.25) is 9.80 Å². The molecule has 24 heavy (non-hydrogen) atoms. The fourth-order valence-electron chi connectivity index (χ4n) is 3.79. The maximum atomic E-state index is 5.56. The summed E-state index contributed by atoms with van der Waals surface area (Å²) in [6, 6.07) is 11.7. The summed E-state index contributed by atoms with van der Waals surface area (Å²) in [6.45, 7) is 11.2. The molecule has 0 bridgehead atoms. The van der Waals surface area contributed by atoms with Crippen LogP contribution in [0.25, 0.3) is 10.9 Å². The van der Waals surface area contributed by atoms with Crippen LogP contribution in [-0.4, -0.2) is 53.6 Å². The highest BCUT2D eigenvalue weighted by Crippen LogP contribution is 2.25. The van der Waals surface area contributed by atoms with Crippen molar-refractivity contribution in [1.29, 1.82) is 0 Å². The molecule has 4 heteroatoms. The van der Waals surface area contributed by atoms with Crippen molar-refractivity contribution in [2.24, 2.45) is 0 Å². The highest BCUT2D eigenvalue weighted by Gasteiger charge is 2.27. The van der Waals surface area contributed by atoms with Crippen LogP contribution in [0.2, 0.25) is 0 Å².